The van der Waals surface area contributed by atoms with Crippen molar-refractivity contribution >= 4 is 0 Å². The predicted octanol–water partition coefficient (Wildman–Crippen LogP) is 0.933. The van der Waals surface area contributed by atoms with E-state index < -0.39 is 0 Å². The second-order valence-electron chi connectivity index (χ2n) is 3.13. The van der Waals surface area contributed by atoms with Crippen molar-refractivity contribution < 1.29 is 0 Å². The van der Waals surface area contributed by atoms with E-state index in [-0.39, 0.29) is 0 Å². The van der Waals surface area contributed by atoms with E-state index in [9.17, 15) is 0 Å². The van der Waals surface area contributed by atoms with Gasteiger partial charge in [0.1, 0.15) is 12.2 Å². The SMILES string of the molecule is CCCn1ncnc1Cn1ccnc1. The normalized spacial score (nSPS) is 10.6. The summed E-state index contributed by atoms with van der Waals surface area (Å²) in [4.78, 5) is 8.20. The highest BCUT2D eigenvalue weighted by Crippen LogP contribution is 1.99. The number of aromatic nitrogens is 5. The van der Waals surface area contributed by atoms with Crippen LogP contribution in [0.15, 0.2) is 25.0 Å². The molecule has 2 aromatic rings. The zero-order valence-electron chi connectivity index (χ0n) is 8.17. The van der Waals surface area contributed by atoms with Crippen molar-refractivity contribution in [3.63, 3.8) is 0 Å². The van der Waals surface area contributed by atoms with Crippen molar-refractivity contribution in [3.8, 4) is 0 Å². The summed E-state index contributed by atoms with van der Waals surface area (Å²) < 4.78 is 3.91. The average molecular weight is 191 g/mol. The quantitative estimate of drug-likeness (QED) is 0.722. The summed E-state index contributed by atoms with van der Waals surface area (Å²) >= 11 is 0. The smallest absolute Gasteiger partial charge is 0.146 e. The van der Waals surface area contributed by atoms with Gasteiger partial charge in [-0.1, -0.05) is 6.92 Å². The maximum atomic E-state index is 4.21. The molecule has 0 radical (unpaired) electrons. The minimum absolute atomic E-state index is 0.736. The Morgan fingerprint density at radius 1 is 1.43 bits per heavy atom. The van der Waals surface area contributed by atoms with Crippen LogP contribution in [0, 0.1) is 0 Å². The van der Waals surface area contributed by atoms with Gasteiger partial charge < -0.3 is 4.57 Å². The first kappa shape index (κ1) is 8.93. The fraction of sp³-hybridized carbons (Fsp3) is 0.444. The van der Waals surface area contributed by atoms with Crippen molar-refractivity contribution in [2.24, 2.45) is 0 Å². The van der Waals surface area contributed by atoms with Gasteiger partial charge >= 0.3 is 0 Å². The Hall–Kier alpha value is -1.65. The molecule has 0 spiro atoms. The molecule has 0 atom stereocenters. The van der Waals surface area contributed by atoms with Crippen LogP contribution in [0.2, 0.25) is 0 Å². The Morgan fingerprint density at radius 2 is 2.36 bits per heavy atom. The van der Waals surface area contributed by atoms with Gasteiger partial charge in [0, 0.05) is 18.9 Å². The predicted molar refractivity (Wildman–Crippen MR) is 51.6 cm³/mol. The molecule has 5 nitrogen and oxygen atoms in total. The van der Waals surface area contributed by atoms with Gasteiger partial charge in [0.05, 0.1) is 12.9 Å². The minimum atomic E-state index is 0.736. The number of hydrogen-bond acceptors (Lipinski definition) is 3. The molecule has 0 aromatic carbocycles. The van der Waals surface area contributed by atoms with Gasteiger partial charge in [0.2, 0.25) is 0 Å². The third-order valence-electron chi connectivity index (χ3n) is 2.01. The molecule has 5 heteroatoms. The molecule has 0 unspecified atom stereocenters. The number of aryl methyl sites for hydroxylation is 1. The van der Waals surface area contributed by atoms with E-state index in [1.165, 1.54) is 0 Å². The number of nitrogens with zero attached hydrogens (tertiary/aromatic N) is 5. The minimum Gasteiger partial charge on any atom is -0.330 e. The first-order valence-electron chi connectivity index (χ1n) is 4.72. The van der Waals surface area contributed by atoms with Crippen LogP contribution in [0.4, 0.5) is 0 Å². The highest BCUT2D eigenvalue weighted by molar-refractivity contribution is 4.88. The van der Waals surface area contributed by atoms with Crippen molar-refractivity contribution in [2.75, 3.05) is 0 Å². The summed E-state index contributed by atoms with van der Waals surface area (Å²) in [5.74, 6) is 0.977. The van der Waals surface area contributed by atoms with Gasteiger partial charge in [0.15, 0.2) is 0 Å². The van der Waals surface area contributed by atoms with E-state index in [1.807, 2.05) is 15.4 Å². The van der Waals surface area contributed by atoms with Gasteiger partial charge in [-0.15, -0.1) is 0 Å². The molecule has 0 aliphatic rings. The molecule has 0 bridgehead atoms. The summed E-state index contributed by atoms with van der Waals surface area (Å²) in [6.07, 6.45) is 8.14. The van der Waals surface area contributed by atoms with Gasteiger partial charge in [-0.05, 0) is 6.42 Å². The topological polar surface area (TPSA) is 48.5 Å². The molecule has 0 saturated heterocycles. The summed E-state index contributed by atoms with van der Waals surface area (Å²) in [5, 5.41) is 4.16. The zero-order chi connectivity index (χ0) is 9.80. The Morgan fingerprint density at radius 3 is 3.07 bits per heavy atom. The van der Waals surface area contributed by atoms with Crippen LogP contribution in [-0.4, -0.2) is 24.3 Å². The third kappa shape index (κ3) is 1.81. The second kappa shape index (κ2) is 4.04. The van der Waals surface area contributed by atoms with Gasteiger partial charge in [0.25, 0.3) is 0 Å². The Kier molecular flexibility index (Phi) is 2.58. The summed E-state index contributed by atoms with van der Waals surface area (Å²) in [5.41, 5.74) is 0. The van der Waals surface area contributed by atoms with E-state index >= 15 is 0 Å². The fourth-order valence-corrected chi connectivity index (χ4v) is 1.35. The Labute approximate surface area is 82.4 Å². The van der Waals surface area contributed by atoms with Crippen molar-refractivity contribution in [1.29, 1.82) is 0 Å². The highest BCUT2D eigenvalue weighted by atomic mass is 15.3. The van der Waals surface area contributed by atoms with Gasteiger partial charge in [-0.2, -0.15) is 5.10 Å². The molecule has 14 heavy (non-hydrogen) atoms. The van der Waals surface area contributed by atoms with Crippen LogP contribution in [-0.2, 0) is 13.1 Å². The first-order chi connectivity index (χ1) is 6.90. The molecule has 0 saturated carbocycles. The Bertz CT molecular complexity index is 376. The molecule has 0 amide bonds. The monoisotopic (exact) mass is 191 g/mol. The summed E-state index contributed by atoms with van der Waals surface area (Å²) in [6.45, 7) is 3.78. The molecular formula is C9H13N5. The van der Waals surface area contributed by atoms with E-state index in [4.69, 9.17) is 0 Å². The molecule has 74 valence electrons. The van der Waals surface area contributed by atoms with Crippen LogP contribution in [0.25, 0.3) is 0 Å². The van der Waals surface area contributed by atoms with Crippen molar-refractivity contribution in [2.45, 2.75) is 26.4 Å². The lowest BCUT2D eigenvalue weighted by Gasteiger charge is -2.04. The van der Waals surface area contributed by atoms with Crippen molar-refractivity contribution in [1.82, 2.24) is 24.3 Å². The van der Waals surface area contributed by atoms with Crippen molar-refractivity contribution in [3.05, 3.63) is 30.9 Å². The van der Waals surface area contributed by atoms with E-state index in [2.05, 4.69) is 22.0 Å². The molecule has 0 aliphatic carbocycles. The van der Waals surface area contributed by atoms with Crippen LogP contribution >= 0.6 is 0 Å². The Balaban J connectivity index is 2.12. The molecule has 2 heterocycles. The first-order valence-corrected chi connectivity index (χ1v) is 4.72. The zero-order valence-corrected chi connectivity index (χ0v) is 8.17. The molecule has 0 fully saturated rings. The molecule has 0 N–H and O–H groups in total. The number of hydrogen-bond donors (Lipinski definition) is 0. The van der Waals surface area contributed by atoms with Crippen LogP contribution in [0.1, 0.15) is 19.2 Å². The van der Waals surface area contributed by atoms with Crippen LogP contribution < -0.4 is 0 Å². The summed E-state index contributed by atoms with van der Waals surface area (Å²) in [7, 11) is 0. The van der Waals surface area contributed by atoms with Crippen LogP contribution in [0.3, 0.4) is 0 Å². The largest absolute Gasteiger partial charge is 0.330 e. The third-order valence-corrected chi connectivity index (χ3v) is 2.01. The molecule has 0 aliphatic heterocycles. The maximum Gasteiger partial charge on any atom is 0.146 e. The standard InChI is InChI=1S/C9H13N5/c1-2-4-14-9(11-7-12-14)6-13-5-3-10-8-13/h3,5,7-8H,2,4,6H2,1H3. The fourth-order valence-electron chi connectivity index (χ4n) is 1.35. The highest BCUT2D eigenvalue weighted by Gasteiger charge is 2.03. The summed E-state index contributed by atoms with van der Waals surface area (Å²) in [6, 6.07) is 0. The molecule has 2 rings (SSSR count). The van der Waals surface area contributed by atoms with Crippen LogP contribution in [0.5, 0.6) is 0 Å². The van der Waals surface area contributed by atoms with Gasteiger partial charge in [-0.25, -0.2) is 14.6 Å². The number of rotatable bonds is 4. The van der Waals surface area contributed by atoms with Gasteiger partial charge in [-0.3, -0.25) is 0 Å². The average Bonchev–Trinajstić information content (AvgIpc) is 2.80. The van der Waals surface area contributed by atoms with E-state index in [0.717, 1.165) is 25.3 Å². The van der Waals surface area contributed by atoms with E-state index in [0.29, 0.717) is 0 Å². The lowest BCUT2D eigenvalue weighted by Crippen LogP contribution is -2.08. The van der Waals surface area contributed by atoms with E-state index in [1.54, 1.807) is 18.9 Å². The maximum absolute atomic E-state index is 4.21. The second-order valence-corrected chi connectivity index (χ2v) is 3.13. The lowest BCUT2D eigenvalue weighted by atomic mass is 10.4. The lowest BCUT2D eigenvalue weighted by molar-refractivity contribution is 0.554. The molecule has 2 aromatic heterocycles. The number of imidazole rings is 1. The molecular weight excluding hydrogens is 178 g/mol.